The van der Waals surface area contributed by atoms with Gasteiger partial charge in [0.25, 0.3) is 5.91 Å². The number of benzene rings is 2. The maximum atomic E-state index is 13.1. The van der Waals surface area contributed by atoms with Gasteiger partial charge < -0.3 is 10.2 Å². The summed E-state index contributed by atoms with van der Waals surface area (Å²) in [6.45, 7) is 6.26. The third-order valence-corrected chi connectivity index (χ3v) is 11.1. The van der Waals surface area contributed by atoms with Gasteiger partial charge in [0.05, 0.1) is 22.3 Å². The molecule has 0 radical (unpaired) electrons. The second-order valence-corrected chi connectivity index (χ2v) is 14.5. The molecule has 1 atom stereocenters. The Hall–Kier alpha value is -5.58. The van der Waals surface area contributed by atoms with E-state index in [1.807, 2.05) is 54.2 Å². The van der Waals surface area contributed by atoms with Gasteiger partial charge in [0.15, 0.2) is 5.82 Å². The standard InChI is InChI=1S/C38H34ClN9O3S/c1-22-31(52-38-34(22)35(25-9-11-26(39)12-10-25)41-19-32-45-44-23(2)48(32)38)14-8-24-18-42-46(20-24)17-4-3-16-40-29-7-5-6-27-28(29)21-47(37(27)51)30-13-15-33(49)43-36(30)50/h5-7,9-12,18,20,30,40H,3-4,13,15-17,19,21H2,1-2H3,(H,43,49,50). The number of anilines is 1. The number of piperidine rings is 1. The van der Waals surface area contributed by atoms with Crippen LogP contribution in [0.2, 0.25) is 5.02 Å². The Balaban J connectivity index is 0.906. The quantitative estimate of drug-likeness (QED) is 0.127. The Bertz CT molecular complexity index is 2340. The second-order valence-electron chi connectivity index (χ2n) is 13.0. The van der Waals surface area contributed by atoms with E-state index in [0.29, 0.717) is 36.6 Å². The van der Waals surface area contributed by atoms with Crippen LogP contribution in [0.1, 0.15) is 80.4 Å². The number of hydrogen-bond donors (Lipinski definition) is 2. The number of nitrogens with one attached hydrogen (secondary N) is 2. The number of imide groups is 1. The third-order valence-electron chi connectivity index (χ3n) is 9.62. The number of aliphatic imine (C=N–C) groups is 1. The third kappa shape index (κ3) is 6.29. The lowest BCUT2D eigenvalue weighted by molar-refractivity contribution is -0.136. The van der Waals surface area contributed by atoms with Crippen molar-refractivity contribution in [3.8, 4) is 16.8 Å². The maximum absolute atomic E-state index is 13.1. The molecule has 0 bridgehead atoms. The maximum Gasteiger partial charge on any atom is 0.255 e. The zero-order valence-electron chi connectivity index (χ0n) is 28.6. The van der Waals surface area contributed by atoms with Crippen molar-refractivity contribution in [3.05, 3.63) is 110 Å². The minimum Gasteiger partial charge on any atom is -0.385 e. The smallest absolute Gasteiger partial charge is 0.255 e. The molecule has 1 saturated heterocycles. The highest BCUT2D eigenvalue weighted by atomic mass is 35.5. The summed E-state index contributed by atoms with van der Waals surface area (Å²) < 4.78 is 3.99. The van der Waals surface area contributed by atoms with Crippen LogP contribution in [0.15, 0.2) is 59.9 Å². The lowest BCUT2D eigenvalue weighted by atomic mass is 10.00. The number of thiophene rings is 1. The van der Waals surface area contributed by atoms with Crippen LogP contribution in [0, 0.1) is 25.7 Å². The minimum atomic E-state index is -0.631. The molecule has 8 rings (SSSR count). The average molecular weight is 732 g/mol. The zero-order valence-corrected chi connectivity index (χ0v) is 30.1. The fourth-order valence-corrected chi connectivity index (χ4v) is 8.31. The van der Waals surface area contributed by atoms with Crippen LogP contribution in [0.4, 0.5) is 5.69 Å². The van der Waals surface area contributed by atoms with Crippen LogP contribution >= 0.6 is 22.9 Å². The number of rotatable bonds is 8. The number of carbonyl (C=O) groups is 3. The van der Waals surface area contributed by atoms with Gasteiger partial charge in [-0.2, -0.15) is 5.10 Å². The molecule has 12 nitrogen and oxygen atoms in total. The molecule has 0 aliphatic carbocycles. The van der Waals surface area contributed by atoms with E-state index in [4.69, 9.17) is 16.6 Å². The summed E-state index contributed by atoms with van der Waals surface area (Å²) >= 11 is 7.81. The van der Waals surface area contributed by atoms with Crippen molar-refractivity contribution < 1.29 is 14.4 Å². The molecule has 3 aliphatic heterocycles. The van der Waals surface area contributed by atoms with Crippen molar-refractivity contribution in [2.24, 2.45) is 4.99 Å². The molecular formula is C38H34ClN9O3S. The first-order chi connectivity index (χ1) is 25.2. The van der Waals surface area contributed by atoms with Crippen molar-refractivity contribution >= 4 is 52.1 Å². The molecule has 262 valence electrons. The average Bonchev–Trinajstić information content (AvgIpc) is 3.88. The molecule has 2 aromatic carbocycles. The highest BCUT2D eigenvalue weighted by Crippen LogP contribution is 2.37. The van der Waals surface area contributed by atoms with Gasteiger partial charge in [-0.15, -0.1) is 21.5 Å². The number of unbranched alkanes of at least 4 members (excludes halogenated alkanes) is 1. The summed E-state index contributed by atoms with van der Waals surface area (Å²) in [6, 6.07) is 12.7. The molecular weight excluding hydrogens is 698 g/mol. The fourth-order valence-electron chi connectivity index (χ4n) is 6.95. The fraction of sp³-hybridized carbons (Fsp3) is 0.289. The van der Waals surface area contributed by atoms with E-state index in [9.17, 15) is 14.4 Å². The van der Waals surface area contributed by atoms with Crippen LogP contribution in [0.25, 0.3) is 5.00 Å². The van der Waals surface area contributed by atoms with E-state index in [0.717, 1.165) is 80.1 Å². The number of amides is 3. The molecule has 6 heterocycles. The predicted molar refractivity (Wildman–Crippen MR) is 198 cm³/mol. The van der Waals surface area contributed by atoms with Gasteiger partial charge in [0, 0.05) is 65.2 Å². The van der Waals surface area contributed by atoms with Gasteiger partial charge in [-0.1, -0.05) is 41.6 Å². The molecule has 3 aliphatic rings. The first kappa shape index (κ1) is 33.6. The monoisotopic (exact) mass is 731 g/mol. The lowest BCUT2D eigenvalue weighted by Crippen LogP contribution is -2.52. The zero-order chi connectivity index (χ0) is 35.9. The van der Waals surface area contributed by atoms with Crippen LogP contribution in [0.5, 0.6) is 0 Å². The second kappa shape index (κ2) is 13.9. The minimum absolute atomic E-state index is 0.175. The van der Waals surface area contributed by atoms with Gasteiger partial charge in [-0.05, 0) is 62.9 Å². The molecule has 1 unspecified atom stereocenters. The summed E-state index contributed by atoms with van der Waals surface area (Å²) in [6.07, 6.45) is 6.11. The van der Waals surface area contributed by atoms with E-state index in [1.54, 1.807) is 28.5 Å². The van der Waals surface area contributed by atoms with Crippen molar-refractivity contribution in [1.82, 2.24) is 34.8 Å². The van der Waals surface area contributed by atoms with Crippen LogP contribution in [0.3, 0.4) is 0 Å². The Morgan fingerprint density at radius 3 is 2.73 bits per heavy atom. The number of carbonyl (C=O) groups excluding carboxylic acids is 3. The number of hydrogen-bond acceptors (Lipinski definition) is 9. The van der Waals surface area contributed by atoms with E-state index in [1.165, 1.54) is 0 Å². The molecule has 0 spiro atoms. The summed E-state index contributed by atoms with van der Waals surface area (Å²) in [5.74, 6) is 7.44. The van der Waals surface area contributed by atoms with Gasteiger partial charge in [0.1, 0.15) is 23.4 Å². The Kier molecular flexibility index (Phi) is 8.94. The highest BCUT2D eigenvalue weighted by Gasteiger charge is 2.39. The summed E-state index contributed by atoms with van der Waals surface area (Å²) in [4.78, 5) is 44.7. The first-order valence-electron chi connectivity index (χ1n) is 17.2. The SMILES string of the molecule is Cc1c(C#Cc2cnn(CCCCNc3cccc4c3CN(C3CCC(=O)NC3=O)C4=O)c2)sc2c1C(c1ccc(Cl)cc1)=NCc1nnc(C)n1-2. The van der Waals surface area contributed by atoms with Crippen molar-refractivity contribution in [3.63, 3.8) is 0 Å². The summed E-state index contributed by atoms with van der Waals surface area (Å²) in [5.41, 5.74) is 7.16. The predicted octanol–water partition coefficient (Wildman–Crippen LogP) is 5.20. The molecule has 2 N–H and O–H groups in total. The van der Waals surface area contributed by atoms with Crippen LogP contribution in [-0.2, 0) is 29.2 Å². The summed E-state index contributed by atoms with van der Waals surface area (Å²) in [7, 11) is 0. The Morgan fingerprint density at radius 2 is 1.90 bits per heavy atom. The molecule has 14 heteroatoms. The molecule has 5 aromatic rings. The van der Waals surface area contributed by atoms with E-state index in [-0.39, 0.29) is 18.2 Å². The number of aryl methyl sites for hydroxylation is 2. The molecule has 3 aromatic heterocycles. The molecule has 3 amide bonds. The normalized spacial score (nSPS) is 16.4. The highest BCUT2D eigenvalue weighted by molar-refractivity contribution is 7.15. The van der Waals surface area contributed by atoms with Crippen LogP contribution < -0.4 is 10.6 Å². The number of aromatic nitrogens is 5. The molecule has 0 saturated carbocycles. The van der Waals surface area contributed by atoms with Gasteiger partial charge in [-0.3, -0.25) is 33.9 Å². The Morgan fingerprint density at radius 1 is 1.06 bits per heavy atom. The van der Waals surface area contributed by atoms with Gasteiger partial charge in [-0.25, -0.2) is 0 Å². The number of fused-ring (bicyclic) bond motifs is 4. The van der Waals surface area contributed by atoms with E-state index >= 15 is 0 Å². The van der Waals surface area contributed by atoms with Crippen LogP contribution in [-0.4, -0.2) is 65.5 Å². The first-order valence-corrected chi connectivity index (χ1v) is 18.3. The van der Waals surface area contributed by atoms with Crippen molar-refractivity contribution in [1.29, 1.82) is 0 Å². The largest absolute Gasteiger partial charge is 0.385 e. The number of nitrogens with zero attached hydrogens (tertiary/aromatic N) is 7. The van der Waals surface area contributed by atoms with Gasteiger partial charge in [0.2, 0.25) is 11.8 Å². The molecule has 52 heavy (non-hydrogen) atoms. The summed E-state index contributed by atoms with van der Waals surface area (Å²) in [5, 5.41) is 20.8. The number of halogens is 1. The van der Waals surface area contributed by atoms with E-state index in [2.05, 4.69) is 49.3 Å². The lowest BCUT2D eigenvalue weighted by Gasteiger charge is -2.29. The van der Waals surface area contributed by atoms with Crippen molar-refractivity contribution in [2.75, 3.05) is 11.9 Å². The van der Waals surface area contributed by atoms with E-state index < -0.39 is 11.9 Å². The van der Waals surface area contributed by atoms with Gasteiger partial charge >= 0.3 is 0 Å². The topological polar surface area (TPSA) is 139 Å². The van der Waals surface area contributed by atoms with Crippen molar-refractivity contribution in [2.45, 2.75) is 65.2 Å². The Labute approximate surface area is 308 Å². The molecule has 1 fully saturated rings.